The molecule has 3 aromatic rings. The van der Waals surface area contributed by atoms with Crippen molar-refractivity contribution in [2.24, 2.45) is 15.1 Å². The monoisotopic (exact) mass is 388 g/mol. The maximum atomic E-state index is 5.34. The van der Waals surface area contributed by atoms with Gasteiger partial charge in [-0.15, -0.1) is 0 Å². The number of amidine groups is 1. The number of anilines is 1. The third-order valence-corrected chi connectivity index (χ3v) is 4.82. The summed E-state index contributed by atoms with van der Waals surface area (Å²) in [5.41, 5.74) is 2.61. The molecule has 9 heteroatoms. The zero-order valence-electron chi connectivity index (χ0n) is 15.8. The number of benzene rings is 2. The molecule has 1 unspecified atom stereocenters. The van der Waals surface area contributed by atoms with E-state index in [0.717, 1.165) is 22.3 Å². The molecule has 5 rings (SSSR count). The van der Waals surface area contributed by atoms with Gasteiger partial charge in [0.25, 0.3) is 11.8 Å². The van der Waals surface area contributed by atoms with E-state index in [1.807, 2.05) is 36.5 Å². The second-order valence-electron chi connectivity index (χ2n) is 6.49. The average Bonchev–Trinajstić information content (AvgIpc) is 3.37. The first-order valence-electron chi connectivity index (χ1n) is 8.94. The van der Waals surface area contributed by atoms with Gasteiger partial charge in [0.2, 0.25) is 0 Å². The smallest absolute Gasteiger partial charge is 0.287 e. The van der Waals surface area contributed by atoms with Gasteiger partial charge in [0, 0.05) is 30.0 Å². The predicted molar refractivity (Wildman–Crippen MR) is 114 cm³/mol. The summed E-state index contributed by atoms with van der Waals surface area (Å²) in [5, 5.41) is 16.3. The number of aromatic nitrogens is 2. The van der Waals surface area contributed by atoms with Crippen molar-refractivity contribution >= 4 is 40.3 Å². The van der Waals surface area contributed by atoms with E-state index in [-0.39, 0.29) is 4.59 Å². The van der Waals surface area contributed by atoms with E-state index >= 15 is 0 Å². The summed E-state index contributed by atoms with van der Waals surface area (Å²) >= 11 is 0. The highest BCUT2D eigenvalue weighted by molar-refractivity contribution is 6.39. The molecule has 1 atom stereocenters. The van der Waals surface area contributed by atoms with Crippen LogP contribution in [0.5, 0.6) is 11.5 Å². The predicted octanol–water partition coefficient (Wildman–Crippen LogP) is 3.24. The second kappa shape index (κ2) is 6.57. The summed E-state index contributed by atoms with van der Waals surface area (Å²) in [6.07, 6.45) is 7.12. The quantitative estimate of drug-likeness (QED) is 0.671. The van der Waals surface area contributed by atoms with Crippen molar-refractivity contribution in [3.8, 4) is 11.5 Å². The van der Waals surface area contributed by atoms with E-state index in [9.17, 15) is 0 Å². The molecule has 2 aliphatic heterocycles. The lowest BCUT2D eigenvalue weighted by atomic mass is 10.2. The summed E-state index contributed by atoms with van der Waals surface area (Å²) < 4.78 is 10.8. The molecular weight excluding hydrogens is 370 g/mol. The van der Waals surface area contributed by atoms with Gasteiger partial charge in [-0.2, -0.15) is 10.1 Å². The summed E-state index contributed by atoms with van der Waals surface area (Å²) in [5.74, 6) is 2.47. The molecule has 0 aliphatic carbocycles. The molecule has 0 fully saturated rings. The maximum absolute atomic E-state index is 5.34. The summed E-state index contributed by atoms with van der Waals surface area (Å²) in [7, 11) is 3.22. The standard InChI is InChI=1S/C20H18N7O2/c1-28-14-8-13(9-15(10-14)29-2)23-20-24-19-12-21-6-7-27(19,26-20)18-5-3-4-17-16(18)11-22-25-17/h3-12H,1-2H3,(H,22,25)(H,23,26)/q+1. The van der Waals surface area contributed by atoms with Gasteiger partial charge in [-0.3, -0.25) is 10.1 Å². The van der Waals surface area contributed by atoms with Crippen LogP contribution in [0.2, 0.25) is 0 Å². The van der Waals surface area contributed by atoms with E-state index < -0.39 is 0 Å². The number of aromatic amines is 1. The van der Waals surface area contributed by atoms with Crippen LogP contribution in [0.3, 0.4) is 0 Å². The molecule has 0 bridgehead atoms. The molecule has 0 saturated carbocycles. The minimum atomic E-state index is 0.0732. The van der Waals surface area contributed by atoms with Crippen molar-refractivity contribution in [3.63, 3.8) is 0 Å². The number of H-pyrrole nitrogens is 1. The molecule has 3 heterocycles. The number of fused-ring (bicyclic) bond motifs is 2. The van der Waals surface area contributed by atoms with E-state index in [2.05, 4.69) is 25.5 Å². The van der Waals surface area contributed by atoms with Crippen LogP contribution in [-0.4, -0.2) is 42.4 Å². The van der Waals surface area contributed by atoms with E-state index in [1.54, 1.807) is 38.9 Å². The topological polar surface area (TPSA) is 96.2 Å². The fourth-order valence-corrected chi connectivity index (χ4v) is 3.45. The van der Waals surface area contributed by atoms with Gasteiger partial charge in [0.1, 0.15) is 17.7 Å². The van der Waals surface area contributed by atoms with Crippen LogP contribution < -0.4 is 19.4 Å². The number of ether oxygens (including phenoxy) is 2. The lowest BCUT2D eigenvalue weighted by Crippen LogP contribution is -2.44. The molecule has 2 aromatic carbocycles. The van der Waals surface area contributed by atoms with Crippen molar-refractivity contribution in [1.29, 1.82) is 0 Å². The molecule has 0 spiro atoms. The van der Waals surface area contributed by atoms with Crippen LogP contribution >= 0.6 is 0 Å². The Hall–Kier alpha value is -3.98. The molecule has 0 amide bonds. The zero-order chi connectivity index (χ0) is 19.8. The normalized spacial score (nSPS) is 19.7. The fraction of sp³-hybridized carbons (Fsp3) is 0.100. The maximum Gasteiger partial charge on any atom is 0.287 e. The Bertz CT molecular complexity index is 1200. The summed E-state index contributed by atoms with van der Waals surface area (Å²) in [6.45, 7) is 0. The number of hydrogen-bond acceptors (Lipinski definition) is 7. The van der Waals surface area contributed by atoms with E-state index in [4.69, 9.17) is 14.6 Å². The Labute approximate surface area is 166 Å². The molecule has 144 valence electrons. The van der Waals surface area contributed by atoms with Crippen LogP contribution in [0.15, 0.2) is 70.1 Å². The first-order chi connectivity index (χ1) is 14.2. The summed E-state index contributed by atoms with van der Waals surface area (Å²) in [4.78, 5) is 8.91. The Morgan fingerprint density at radius 3 is 2.69 bits per heavy atom. The summed E-state index contributed by atoms with van der Waals surface area (Å²) in [6, 6.07) is 11.5. The van der Waals surface area contributed by atoms with Gasteiger partial charge in [0.15, 0.2) is 11.9 Å². The number of guanidine groups is 1. The molecule has 2 aliphatic rings. The number of methoxy groups -OCH3 is 2. The third-order valence-electron chi connectivity index (χ3n) is 4.82. The van der Waals surface area contributed by atoms with Crippen LogP contribution in [0.4, 0.5) is 11.4 Å². The van der Waals surface area contributed by atoms with Gasteiger partial charge in [-0.05, 0) is 11.2 Å². The molecule has 0 saturated heterocycles. The van der Waals surface area contributed by atoms with Crippen LogP contribution in [0, 0.1) is 0 Å². The Kier molecular flexibility index (Phi) is 3.88. The number of nitrogens with one attached hydrogen (secondary N) is 2. The second-order valence-corrected chi connectivity index (χ2v) is 6.49. The first kappa shape index (κ1) is 17.1. The van der Waals surface area contributed by atoms with Crippen LogP contribution in [0.25, 0.3) is 10.9 Å². The number of quaternary nitrogens is 1. The molecule has 9 nitrogen and oxygen atoms in total. The minimum Gasteiger partial charge on any atom is -0.497 e. The zero-order valence-corrected chi connectivity index (χ0v) is 15.8. The molecule has 0 radical (unpaired) electrons. The SMILES string of the molecule is COc1cc(NC2=N[N+]3(c4cccc5[nH]ncc45)C=CN=CC3=N2)cc(OC)c1. The highest BCUT2D eigenvalue weighted by Crippen LogP contribution is 2.36. The van der Waals surface area contributed by atoms with Crippen molar-refractivity contribution in [2.75, 3.05) is 19.5 Å². The van der Waals surface area contributed by atoms with Crippen molar-refractivity contribution < 1.29 is 9.47 Å². The fourth-order valence-electron chi connectivity index (χ4n) is 3.45. The highest BCUT2D eigenvalue weighted by Gasteiger charge is 2.44. The Morgan fingerprint density at radius 1 is 1.07 bits per heavy atom. The number of hydrogen-bond donors (Lipinski definition) is 2. The first-order valence-corrected chi connectivity index (χ1v) is 8.94. The number of aliphatic imine (C=N–C) groups is 2. The minimum absolute atomic E-state index is 0.0732. The number of nitrogens with zero attached hydrogens (tertiary/aromatic N) is 5. The van der Waals surface area contributed by atoms with Gasteiger partial charge >= 0.3 is 0 Å². The molecule has 29 heavy (non-hydrogen) atoms. The lowest BCUT2D eigenvalue weighted by Gasteiger charge is -2.24. The largest absolute Gasteiger partial charge is 0.497 e. The van der Waals surface area contributed by atoms with E-state index in [0.29, 0.717) is 23.3 Å². The molecular formula is C20H18N7O2+. The van der Waals surface area contributed by atoms with Crippen molar-refractivity contribution in [1.82, 2.24) is 14.8 Å². The van der Waals surface area contributed by atoms with Crippen molar-refractivity contribution in [2.45, 2.75) is 0 Å². The molecule has 2 N–H and O–H groups in total. The highest BCUT2D eigenvalue weighted by atomic mass is 16.5. The number of rotatable bonds is 4. The lowest BCUT2D eigenvalue weighted by molar-refractivity contribution is 0.395. The van der Waals surface area contributed by atoms with Gasteiger partial charge in [-0.25, -0.2) is 0 Å². The average molecular weight is 388 g/mol. The van der Waals surface area contributed by atoms with Gasteiger partial charge in [0.05, 0.1) is 37.5 Å². The van der Waals surface area contributed by atoms with E-state index in [1.165, 1.54) is 0 Å². The molecule has 1 aromatic heterocycles. The Balaban J connectivity index is 1.59. The van der Waals surface area contributed by atoms with Crippen LogP contribution in [-0.2, 0) is 0 Å². The van der Waals surface area contributed by atoms with Gasteiger partial charge < -0.3 is 14.8 Å². The van der Waals surface area contributed by atoms with Gasteiger partial charge in [-0.1, -0.05) is 10.7 Å². The van der Waals surface area contributed by atoms with Crippen LogP contribution in [0.1, 0.15) is 0 Å². The third kappa shape index (κ3) is 2.75. The van der Waals surface area contributed by atoms with Crippen molar-refractivity contribution in [3.05, 3.63) is 55.0 Å². The Morgan fingerprint density at radius 2 is 1.90 bits per heavy atom.